The van der Waals surface area contributed by atoms with Crippen LogP contribution < -0.4 is 5.32 Å². The van der Waals surface area contributed by atoms with Crippen molar-refractivity contribution < 1.29 is 9.18 Å². The first kappa shape index (κ1) is 16.5. The van der Waals surface area contributed by atoms with Gasteiger partial charge in [-0.15, -0.1) is 0 Å². The zero-order chi connectivity index (χ0) is 17.9. The third-order valence-corrected chi connectivity index (χ3v) is 4.44. The Kier molecular flexibility index (Phi) is 4.53. The van der Waals surface area contributed by atoms with E-state index in [1.165, 1.54) is 6.07 Å². The van der Waals surface area contributed by atoms with Crippen LogP contribution >= 0.6 is 0 Å². The van der Waals surface area contributed by atoms with Gasteiger partial charge in [0.1, 0.15) is 11.6 Å². The summed E-state index contributed by atoms with van der Waals surface area (Å²) in [6.45, 7) is 2.31. The van der Waals surface area contributed by atoms with Crippen LogP contribution in [0.2, 0.25) is 0 Å². The van der Waals surface area contributed by atoms with E-state index in [2.05, 4.69) is 25.2 Å². The van der Waals surface area contributed by atoms with E-state index in [-0.39, 0.29) is 5.91 Å². The second kappa shape index (κ2) is 7.13. The first-order valence-corrected chi connectivity index (χ1v) is 8.56. The van der Waals surface area contributed by atoms with E-state index in [1.54, 1.807) is 24.7 Å². The van der Waals surface area contributed by atoms with E-state index in [0.717, 1.165) is 43.1 Å². The van der Waals surface area contributed by atoms with Gasteiger partial charge in [0.15, 0.2) is 0 Å². The number of carbonyl (C=O) groups excluding carboxylic acids is 1. The second-order valence-corrected chi connectivity index (χ2v) is 6.41. The molecule has 7 heteroatoms. The number of anilines is 1. The van der Waals surface area contributed by atoms with Gasteiger partial charge in [-0.1, -0.05) is 0 Å². The highest BCUT2D eigenvalue weighted by Gasteiger charge is 2.15. The molecule has 0 spiro atoms. The number of fused-ring (bicyclic) bond motifs is 1. The van der Waals surface area contributed by atoms with Crippen LogP contribution in [0.1, 0.15) is 12.8 Å². The zero-order valence-electron chi connectivity index (χ0n) is 14.2. The zero-order valence-corrected chi connectivity index (χ0v) is 14.2. The van der Waals surface area contributed by atoms with Crippen LogP contribution in [0.4, 0.5) is 10.2 Å². The first-order chi connectivity index (χ1) is 12.7. The molecule has 4 heterocycles. The summed E-state index contributed by atoms with van der Waals surface area (Å²) in [4.78, 5) is 26.8. The third kappa shape index (κ3) is 3.67. The maximum Gasteiger partial charge on any atom is 0.239 e. The number of hydrogen-bond donors (Lipinski definition) is 1. The summed E-state index contributed by atoms with van der Waals surface area (Å²) in [6.07, 6.45) is 8.32. The maximum atomic E-state index is 13.4. The highest BCUT2D eigenvalue weighted by molar-refractivity contribution is 5.93. The highest BCUT2D eigenvalue weighted by Crippen LogP contribution is 2.23. The molecule has 4 rings (SSSR count). The lowest BCUT2D eigenvalue weighted by atomic mass is 10.1. The molecule has 1 saturated heterocycles. The highest BCUT2D eigenvalue weighted by atomic mass is 19.1. The Morgan fingerprint density at radius 2 is 1.85 bits per heavy atom. The minimum Gasteiger partial charge on any atom is -0.310 e. The van der Waals surface area contributed by atoms with Gasteiger partial charge in [-0.3, -0.25) is 19.7 Å². The van der Waals surface area contributed by atoms with Gasteiger partial charge < -0.3 is 5.32 Å². The molecule has 1 N–H and O–H groups in total. The molecule has 0 atom stereocenters. The predicted octanol–water partition coefficient (Wildman–Crippen LogP) is 2.87. The van der Waals surface area contributed by atoms with Gasteiger partial charge in [0.25, 0.3) is 0 Å². The van der Waals surface area contributed by atoms with Crippen LogP contribution in [-0.2, 0) is 4.79 Å². The van der Waals surface area contributed by atoms with E-state index >= 15 is 0 Å². The standard InChI is InChI=1S/C19H18FN5O/c20-16-6-15(8-21-10-16)14-5-13-7-18(23-11-17(13)22-9-14)24-19(26)12-25-3-1-2-4-25/h5-11H,1-4,12H2,(H,23,24,26). The lowest BCUT2D eigenvalue weighted by Crippen LogP contribution is -2.31. The molecule has 0 unspecified atom stereocenters. The lowest BCUT2D eigenvalue weighted by molar-refractivity contribution is -0.117. The molecule has 0 aromatic carbocycles. The largest absolute Gasteiger partial charge is 0.310 e. The van der Waals surface area contributed by atoms with Gasteiger partial charge in [-0.25, -0.2) is 9.37 Å². The summed E-state index contributed by atoms with van der Waals surface area (Å²) in [7, 11) is 0. The number of likely N-dealkylation sites (tertiary alicyclic amines) is 1. The van der Waals surface area contributed by atoms with Crippen molar-refractivity contribution in [2.24, 2.45) is 0 Å². The number of amides is 1. The molecule has 1 aliphatic rings. The first-order valence-electron chi connectivity index (χ1n) is 8.56. The monoisotopic (exact) mass is 351 g/mol. The van der Waals surface area contributed by atoms with Crippen molar-refractivity contribution in [2.45, 2.75) is 12.8 Å². The van der Waals surface area contributed by atoms with E-state index in [0.29, 0.717) is 23.4 Å². The van der Waals surface area contributed by atoms with Gasteiger partial charge >= 0.3 is 0 Å². The minimum absolute atomic E-state index is 0.0720. The smallest absolute Gasteiger partial charge is 0.239 e. The Balaban J connectivity index is 1.56. The third-order valence-electron chi connectivity index (χ3n) is 4.44. The van der Waals surface area contributed by atoms with E-state index < -0.39 is 5.82 Å². The molecule has 6 nitrogen and oxygen atoms in total. The number of hydrogen-bond acceptors (Lipinski definition) is 5. The molecule has 26 heavy (non-hydrogen) atoms. The summed E-state index contributed by atoms with van der Waals surface area (Å²) >= 11 is 0. The lowest BCUT2D eigenvalue weighted by Gasteiger charge is -2.13. The summed E-state index contributed by atoms with van der Waals surface area (Å²) in [5, 5.41) is 3.66. The molecule has 0 aliphatic carbocycles. The summed E-state index contributed by atoms with van der Waals surface area (Å²) in [6, 6.07) is 5.08. The van der Waals surface area contributed by atoms with Crippen molar-refractivity contribution in [1.29, 1.82) is 0 Å². The fourth-order valence-corrected chi connectivity index (χ4v) is 3.15. The molecule has 1 fully saturated rings. The molecular weight excluding hydrogens is 333 g/mol. The normalized spacial score (nSPS) is 14.7. The number of pyridine rings is 3. The van der Waals surface area contributed by atoms with Crippen LogP contribution in [0, 0.1) is 5.82 Å². The fraction of sp³-hybridized carbons (Fsp3) is 0.263. The quantitative estimate of drug-likeness (QED) is 0.783. The van der Waals surface area contributed by atoms with Crippen LogP contribution in [0.3, 0.4) is 0 Å². The molecule has 3 aromatic rings. The minimum atomic E-state index is -0.396. The van der Waals surface area contributed by atoms with Gasteiger partial charge in [0, 0.05) is 28.9 Å². The molecule has 3 aromatic heterocycles. The molecule has 1 aliphatic heterocycles. The summed E-state index contributed by atoms with van der Waals surface area (Å²) < 4.78 is 13.4. The Morgan fingerprint density at radius 1 is 1.04 bits per heavy atom. The van der Waals surface area contributed by atoms with Crippen molar-refractivity contribution in [2.75, 3.05) is 25.0 Å². The topological polar surface area (TPSA) is 71.0 Å². The number of rotatable bonds is 4. The van der Waals surface area contributed by atoms with Crippen molar-refractivity contribution >= 4 is 22.6 Å². The SMILES string of the molecule is O=C(CN1CCCC1)Nc1cc2cc(-c3cncc(F)c3)cnc2cn1. The second-order valence-electron chi connectivity index (χ2n) is 6.41. The van der Waals surface area contributed by atoms with Crippen LogP contribution in [0.15, 0.2) is 43.0 Å². The average molecular weight is 351 g/mol. The Labute approximate surface area is 150 Å². The molecule has 0 saturated carbocycles. The molecular formula is C19H18FN5O. The average Bonchev–Trinajstić information content (AvgIpc) is 3.14. The van der Waals surface area contributed by atoms with Gasteiger partial charge in [0.05, 0.1) is 24.5 Å². The number of aromatic nitrogens is 3. The Bertz CT molecular complexity index is 956. The predicted molar refractivity (Wildman–Crippen MR) is 97.0 cm³/mol. The Morgan fingerprint density at radius 3 is 2.65 bits per heavy atom. The summed E-state index contributed by atoms with van der Waals surface area (Å²) in [5.74, 6) is 0.0161. The van der Waals surface area contributed by atoms with Crippen LogP contribution in [-0.4, -0.2) is 45.4 Å². The number of carbonyl (C=O) groups is 1. The number of nitrogens with zero attached hydrogens (tertiary/aromatic N) is 4. The number of nitrogens with one attached hydrogen (secondary N) is 1. The number of halogens is 1. The fourth-order valence-electron chi connectivity index (χ4n) is 3.15. The van der Waals surface area contributed by atoms with Crippen LogP contribution in [0.25, 0.3) is 22.0 Å². The van der Waals surface area contributed by atoms with E-state index in [4.69, 9.17) is 0 Å². The molecule has 1 amide bonds. The van der Waals surface area contributed by atoms with E-state index in [9.17, 15) is 9.18 Å². The van der Waals surface area contributed by atoms with Gasteiger partial charge in [-0.05, 0) is 44.1 Å². The van der Waals surface area contributed by atoms with Gasteiger partial charge in [0.2, 0.25) is 5.91 Å². The van der Waals surface area contributed by atoms with Crippen LogP contribution in [0.5, 0.6) is 0 Å². The van der Waals surface area contributed by atoms with Gasteiger partial charge in [-0.2, -0.15) is 0 Å². The summed E-state index contributed by atoms with van der Waals surface area (Å²) in [5.41, 5.74) is 2.11. The Hall–Kier alpha value is -2.93. The maximum absolute atomic E-state index is 13.4. The van der Waals surface area contributed by atoms with E-state index in [1.807, 2.05) is 6.07 Å². The van der Waals surface area contributed by atoms with Crippen molar-refractivity contribution in [3.8, 4) is 11.1 Å². The molecule has 0 radical (unpaired) electrons. The van der Waals surface area contributed by atoms with Crippen molar-refractivity contribution in [3.05, 3.63) is 48.8 Å². The molecule has 0 bridgehead atoms. The molecule has 132 valence electrons. The van der Waals surface area contributed by atoms with Crippen molar-refractivity contribution in [3.63, 3.8) is 0 Å². The van der Waals surface area contributed by atoms with Crippen molar-refractivity contribution in [1.82, 2.24) is 19.9 Å².